The normalized spacial score (nSPS) is 11.0. The lowest BCUT2D eigenvalue weighted by Gasteiger charge is -2.01. The van der Waals surface area contributed by atoms with Crippen LogP contribution in [-0.2, 0) is 4.79 Å². The summed E-state index contributed by atoms with van der Waals surface area (Å²) in [4.78, 5) is 16.1. The zero-order valence-corrected chi connectivity index (χ0v) is 16.2. The SMILES string of the molecule is Cc1ccc(-c2ccc(C=CC(=O)Nc3ccc(I)cn3)o2)cc1Cl. The minimum Gasteiger partial charge on any atom is -0.457 e. The first kappa shape index (κ1) is 17.7. The van der Waals surface area contributed by atoms with Crippen LogP contribution in [0.5, 0.6) is 0 Å². The molecule has 0 atom stereocenters. The summed E-state index contributed by atoms with van der Waals surface area (Å²) in [7, 11) is 0. The molecule has 1 amide bonds. The van der Waals surface area contributed by atoms with Gasteiger partial charge in [0.25, 0.3) is 0 Å². The van der Waals surface area contributed by atoms with Crippen molar-refractivity contribution >= 4 is 52.0 Å². The lowest BCUT2D eigenvalue weighted by molar-refractivity contribution is -0.111. The van der Waals surface area contributed by atoms with E-state index in [4.69, 9.17) is 16.0 Å². The molecule has 25 heavy (non-hydrogen) atoms. The molecule has 3 rings (SSSR count). The standard InChI is InChI=1S/C19H14ClIN2O2/c1-12-2-3-13(10-16(12)20)17-7-5-15(25-17)6-9-19(24)23-18-8-4-14(21)11-22-18/h2-11H,1H3,(H,22,23,24). The van der Waals surface area contributed by atoms with Crippen molar-refractivity contribution < 1.29 is 9.21 Å². The van der Waals surface area contributed by atoms with Crippen LogP contribution in [-0.4, -0.2) is 10.9 Å². The van der Waals surface area contributed by atoms with E-state index in [9.17, 15) is 4.79 Å². The highest BCUT2D eigenvalue weighted by Crippen LogP contribution is 2.27. The first-order chi connectivity index (χ1) is 12.0. The van der Waals surface area contributed by atoms with E-state index >= 15 is 0 Å². The van der Waals surface area contributed by atoms with Crippen LogP contribution >= 0.6 is 34.2 Å². The molecule has 0 aliphatic heterocycles. The Hall–Kier alpha value is -2.12. The molecule has 0 saturated heterocycles. The maximum atomic E-state index is 11.9. The van der Waals surface area contributed by atoms with Crippen molar-refractivity contribution in [3.05, 3.63) is 74.7 Å². The second-order valence-electron chi connectivity index (χ2n) is 5.35. The fraction of sp³-hybridized carbons (Fsp3) is 0.0526. The van der Waals surface area contributed by atoms with Crippen LogP contribution < -0.4 is 5.32 Å². The summed E-state index contributed by atoms with van der Waals surface area (Å²) < 4.78 is 6.74. The minimum atomic E-state index is -0.273. The molecule has 1 aromatic carbocycles. The molecule has 0 spiro atoms. The number of amides is 1. The Morgan fingerprint density at radius 1 is 1.24 bits per heavy atom. The van der Waals surface area contributed by atoms with Crippen LogP contribution in [0.1, 0.15) is 11.3 Å². The van der Waals surface area contributed by atoms with Gasteiger partial charge in [-0.25, -0.2) is 4.98 Å². The molecular weight excluding hydrogens is 451 g/mol. The van der Waals surface area contributed by atoms with Gasteiger partial charge in [-0.1, -0.05) is 23.7 Å². The van der Waals surface area contributed by atoms with E-state index in [1.54, 1.807) is 24.4 Å². The second kappa shape index (κ2) is 7.84. The van der Waals surface area contributed by atoms with Crippen LogP contribution in [0.2, 0.25) is 5.02 Å². The summed E-state index contributed by atoms with van der Waals surface area (Å²) >= 11 is 8.30. The van der Waals surface area contributed by atoms with Gasteiger partial charge < -0.3 is 9.73 Å². The summed E-state index contributed by atoms with van der Waals surface area (Å²) in [5.41, 5.74) is 1.90. The average Bonchev–Trinajstić information content (AvgIpc) is 3.07. The second-order valence-corrected chi connectivity index (χ2v) is 7.00. The topological polar surface area (TPSA) is 55.1 Å². The number of furan rings is 1. The number of carbonyl (C=O) groups is 1. The molecule has 0 radical (unpaired) electrons. The van der Waals surface area contributed by atoms with Crippen LogP contribution in [0.3, 0.4) is 0 Å². The maximum Gasteiger partial charge on any atom is 0.249 e. The molecule has 2 heterocycles. The third-order valence-corrected chi connectivity index (χ3v) is 4.51. The molecule has 0 saturated carbocycles. The Balaban J connectivity index is 1.67. The fourth-order valence-corrected chi connectivity index (χ4v) is 2.62. The first-order valence-electron chi connectivity index (χ1n) is 7.48. The van der Waals surface area contributed by atoms with Gasteiger partial charge in [0.2, 0.25) is 5.91 Å². The van der Waals surface area contributed by atoms with Crippen LogP contribution in [0.25, 0.3) is 17.4 Å². The van der Waals surface area contributed by atoms with E-state index < -0.39 is 0 Å². The lowest BCUT2D eigenvalue weighted by Crippen LogP contribution is -2.08. The highest BCUT2D eigenvalue weighted by atomic mass is 127. The van der Waals surface area contributed by atoms with Gasteiger partial charge in [0.1, 0.15) is 17.3 Å². The van der Waals surface area contributed by atoms with Crippen molar-refractivity contribution in [2.24, 2.45) is 0 Å². The zero-order valence-electron chi connectivity index (χ0n) is 13.3. The number of nitrogens with one attached hydrogen (secondary N) is 1. The molecule has 126 valence electrons. The Bertz CT molecular complexity index is 933. The molecule has 0 aliphatic rings. The molecule has 2 aromatic heterocycles. The lowest BCUT2D eigenvalue weighted by atomic mass is 10.1. The van der Waals surface area contributed by atoms with Crippen molar-refractivity contribution in [3.63, 3.8) is 0 Å². The molecule has 0 aliphatic carbocycles. The van der Waals surface area contributed by atoms with Gasteiger partial charge >= 0.3 is 0 Å². The van der Waals surface area contributed by atoms with Gasteiger partial charge in [-0.3, -0.25) is 4.79 Å². The Kier molecular flexibility index (Phi) is 5.55. The van der Waals surface area contributed by atoms with Gasteiger partial charge in [0.15, 0.2) is 0 Å². The largest absolute Gasteiger partial charge is 0.457 e. The van der Waals surface area contributed by atoms with Crippen LogP contribution in [0.15, 0.2) is 59.2 Å². The highest BCUT2D eigenvalue weighted by Gasteiger charge is 2.06. The van der Waals surface area contributed by atoms with Gasteiger partial charge in [0.05, 0.1) is 0 Å². The fourth-order valence-electron chi connectivity index (χ4n) is 2.12. The number of aromatic nitrogens is 1. The highest BCUT2D eigenvalue weighted by molar-refractivity contribution is 14.1. The summed E-state index contributed by atoms with van der Waals surface area (Å²) in [5.74, 6) is 1.51. The van der Waals surface area contributed by atoms with E-state index in [-0.39, 0.29) is 5.91 Å². The number of aryl methyl sites for hydroxylation is 1. The van der Waals surface area contributed by atoms with E-state index in [1.807, 2.05) is 37.3 Å². The Morgan fingerprint density at radius 2 is 2.08 bits per heavy atom. The third kappa shape index (κ3) is 4.70. The van der Waals surface area contributed by atoms with Gasteiger partial charge in [-0.05, 0) is 71.5 Å². The van der Waals surface area contributed by atoms with E-state index in [2.05, 4.69) is 32.9 Å². The van der Waals surface area contributed by atoms with Crippen LogP contribution in [0, 0.1) is 10.5 Å². The van der Waals surface area contributed by atoms with Gasteiger partial charge in [-0.15, -0.1) is 0 Å². The zero-order chi connectivity index (χ0) is 17.8. The molecule has 3 aromatic rings. The summed E-state index contributed by atoms with van der Waals surface area (Å²) in [5, 5.41) is 3.38. The predicted molar refractivity (Wildman–Crippen MR) is 109 cm³/mol. The van der Waals surface area contributed by atoms with Gasteiger partial charge in [0, 0.05) is 26.4 Å². The van der Waals surface area contributed by atoms with Crippen molar-refractivity contribution in [2.45, 2.75) is 6.92 Å². The van der Waals surface area contributed by atoms with E-state index in [0.717, 1.165) is 14.7 Å². The van der Waals surface area contributed by atoms with E-state index in [0.29, 0.717) is 22.4 Å². The quantitative estimate of drug-likeness (QED) is 0.406. The molecule has 0 bridgehead atoms. The van der Waals surface area contributed by atoms with Crippen molar-refractivity contribution in [3.8, 4) is 11.3 Å². The van der Waals surface area contributed by atoms with Crippen molar-refractivity contribution in [1.82, 2.24) is 4.98 Å². The van der Waals surface area contributed by atoms with E-state index in [1.165, 1.54) is 6.08 Å². The molecule has 1 N–H and O–H groups in total. The number of pyridine rings is 1. The smallest absolute Gasteiger partial charge is 0.249 e. The number of carbonyl (C=O) groups excluding carboxylic acids is 1. The Labute approximate surface area is 164 Å². The minimum absolute atomic E-state index is 0.273. The number of hydrogen-bond donors (Lipinski definition) is 1. The summed E-state index contributed by atoms with van der Waals surface area (Å²) in [6.45, 7) is 1.95. The maximum absolute atomic E-state index is 11.9. The molecule has 0 fully saturated rings. The van der Waals surface area contributed by atoms with Crippen molar-refractivity contribution in [2.75, 3.05) is 5.32 Å². The number of anilines is 1. The average molecular weight is 465 g/mol. The number of hydrogen-bond acceptors (Lipinski definition) is 3. The molecular formula is C19H14ClIN2O2. The summed E-state index contributed by atoms with van der Waals surface area (Å²) in [6, 6.07) is 13.0. The Morgan fingerprint density at radius 3 is 2.80 bits per heavy atom. The van der Waals surface area contributed by atoms with Crippen molar-refractivity contribution in [1.29, 1.82) is 0 Å². The monoisotopic (exact) mass is 464 g/mol. The number of halogens is 2. The molecule has 0 unspecified atom stereocenters. The number of benzene rings is 1. The predicted octanol–water partition coefficient (Wildman–Crippen LogP) is 5.56. The molecule has 4 nitrogen and oxygen atoms in total. The number of nitrogens with zero attached hydrogens (tertiary/aromatic N) is 1. The summed E-state index contributed by atoms with van der Waals surface area (Å²) in [6.07, 6.45) is 4.71. The third-order valence-electron chi connectivity index (χ3n) is 3.46. The number of rotatable bonds is 4. The van der Waals surface area contributed by atoms with Crippen LogP contribution in [0.4, 0.5) is 5.82 Å². The van der Waals surface area contributed by atoms with Gasteiger partial charge in [-0.2, -0.15) is 0 Å². The molecule has 6 heteroatoms. The first-order valence-corrected chi connectivity index (χ1v) is 8.94.